The number of benzene rings is 1. The third-order valence-corrected chi connectivity index (χ3v) is 3.39. The molecule has 1 heterocycles. The first-order valence-electron chi connectivity index (χ1n) is 6.85. The van der Waals surface area contributed by atoms with E-state index in [0.29, 0.717) is 0 Å². The Labute approximate surface area is 114 Å². The maximum absolute atomic E-state index is 11.9. The van der Waals surface area contributed by atoms with Crippen molar-refractivity contribution >= 4 is 5.91 Å². The van der Waals surface area contributed by atoms with Gasteiger partial charge in [-0.25, -0.2) is 0 Å². The summed E-state index contributed by atoms with van der Waals surface area (Å²) < 4.78 is 5.69. The molecule has 0 spiro atoms. The molecule has 1 amide bonds. The molecule has 1 N–H and O–H groups in total. The molecule has 2 rings (SSSR count). The van der Waals surface area contributed by atoms with Crippen LogP contribution in [-0.4, -0.2) is 37.6 Å². The zero-order valence-corrected chi connectivity index (χ0v) is 11.7. The molecular formula is C15H22N2O2. The van der Waals surface area contributed by atoms with Crippen LogP contribution < -0.4 is 10.1 Å². The summed E-state index contributed by atoms with van der Waals surface area (Å²) in [6.07, 6.45) is 2.22. The van der Waals surface area contributed by atoms with Gasteiger partial charge in [0.2, 0.25) is 0 Å². The number of nitrogens with zero attached hydrogens (tertiary/aromatic N) is 1. The van der Waals surface area contributed by atoms with Gasteiger partial charge in [0.1, 0.15) is 5.75 Å². The van der Waals surface area contributed by atoms with Gasteiger partial charge in [-0.1, -0.05) is 17.7 Å². The van der Waals surface area contributed by atoms with Crippen molar-refractivity contribution in [2.75, 3.05) is 26.7 Å². The molecule has 0 unspecified atom stereocenters. The molecule has 0 radical (unpaired) electrons. The standard InChI is InChI=1S/C15H22N2O2/c1-12-5-6-14(13(9-12)10-16-2)19-11-15(18)17-7-3-4-8-17/h5-6,9,16H,3-4,7-8,10-11H2,1-2H3. The number of rotatable bonds is 5. The SMILES string of the molecule is CNCc1cc(C)ccc1OCC(=O)N1CCCC1. The number of hydrogen-bond donors (Lipinski definition) is 1. The molecule has 1 aliphatic rings. The van der Waals surface area contributed by atoms with E-state index in [1.165, 1.54) is 5.56 Å². The van der Waals surface area contributed by atoms with Crippen LogP contribution in [-0.2, 0) is 11.3 Å². The normalized spacial score (nSPS) is 14.7. The summed E-state index contributed by atoms with van der Waals surface area (Å²) in [5.41, 5.74) is 2.29. The number of likely N-dealkylation sites (tertiary alicyclic amines) is 1. The molecule has 4 heteroatoms. The summed E-state index contributed by atoms with van der Waals surface area (Å²) in [7, 11) is 1.90. The molecule has 0 aliphatic carbocycles. The predicted octanol–water partition coefficient (Wildman–Crippen LogP) is 1.72. The number of amides is 1. The smallest absolute Gasteiger partial charge is 0.260 e. The first-order chi connectivity index (χ1) is 9.20. The Morgan fingerprint density at radius 2 is 2.11 bits per heavy atom. The van der Waals surface area contributed by atoms with Crippen LogP contribution in [0.1, 0.15) is 24.0 Å². The van der Waals surface area contributed by atoms with E-state index in [4.69, 9.17) is 4.74 Å². The van der Waals surface area contributed by atoms with Gasteiger partial charge in [-0.15, -0.1) is 0 Å². The molecule has 0 bridgehead atoms. The fourth-order valence-corrected chi connectivity index (χ4v) is 2.37. The zero-order chi connectivity index (χ0) is 13.7. The Morgan fingerprint density at radius 1 is 1.37 bits per heavy atom. The summed E-state index contributed by atoms with van der Waals surface area (Å²) in [4.78, 5) is 13.8. The van der Waals surface area contributed by atoms with Crippen LogP contribution in [0.4, 0.5) is 0 Å². The lowest BCUT2D eigenvalue weighted by atomic mass is 10.1. The van der Waals surface area contributed by atoms with Gasteiger partial charge in [0, 0.05) is 25.2 Å². The number of aryl methyl sites for hydroxylation is 1. The van der Waals surface area contributed by atoms with Crippen molar-refractivity contribution in [2.45, 2.75) is 26.3 Å². The first kappa shape index (κ1) is 13.9. The molecular weight excluding hydrogens is 240 g/mol. The van der Waals surface area contributed by atoms with Crippen molar-refractivity contribution in [3.8, 4) is 5.75 Å². The van der Waals surface area contributed by atoms with E-state index in [1.807, 2.05) is 24.1 Å². The van der Waals surface area contributed by atoms with Crippen LogP contribution in [0.15, 0.2) is 18.2 Å². The highest BCUT2D eigenvalue weighted by Crippen LogP contribution is 2.20. The predicted molar refractivity (Wildman–Crippen MR) is 75.3 cm³/mol. The molecule has 4 nitrogen and oxygen atoms in total. The van der Waals surface area contributed by atoms with Crippen LogP contribution in [0.3, 0.4) is 0 Å². The van der Waals surface area contributed by atoms with Gasteiger partial charge in [-0.2, -0.15) is 0 Å². The summed E-state index contributed by atoms with van der Waals surface area (Å²) >= 11 is 0. The monoisotopic (exact) mass is 262 g/mol. The van der Waals surface area contributed by atoms with E-state index in [9.17, 15) is 4.79 Å². The second-order valence-corrected chi connectivity index (χ2v) is 5.02. The largest absolute Gasteiger partial charge is 0.483 e. The number of carbonyl (C=O) groups is 1. The van der Waals surface area contributed by atoms with Crippen molar-refractivity contribution < 1.29 is 9.53 Å². The van der Waals surface area contributed by atoms with Gasteiger partial charge in [0.05, 0.1) is 0 Å². The van der Waals surface area contributed by atoms with Gasteiger partial charge in [-0.3, -0.25) is 4.79 Å². The highest BCUT2D eigenvalue weighted by molar-refractivity contribution is 5.78. The maximum Gasteiger partial charge on any atom is 0.260 e. The molecule has 1 aromatic carbocycles. The molecule has 0 saturated carbocycles. The van der Waals surface area contributed by atoms with E-state index in [1.54, 1.807) is 0 Å². The summed E-state index contributed by atoms with van der Waals surface area (Å²) in [6, 6.07) is 6.04. The topological polar surface area (TPSA) is 41.6 Å². The number of hydrogen-bond acceptors (Lipinski definition) is 3. The zero-order valence-electron chi connectivity index (χ0n) is 11.7. The van der Waals surface area contributed by atoms with Gasteiger partial charge >= 0.3 is 0 Å². The van der Waals surface area contributed by atoms with E-state index >= 15 is 0 Å². The van der Waals surface area contributed by atoms with Crippen LogP contribution in [0.25, 0.3) is 0 Å². The van der Waals surface area contributed by atoms with Gasteiger partial charge < -0.3 is 15.0 Å². The summed E-state index contributed by atoms with van der Waals surface area (Å²) in [5, 5.41) is 3.12. The Morgan fingerprint density at radius 3 is 2.79 bits per heavy atom. The van der Waals surface area contributed by atoms with E-state index in [2.05, 4.69) is 18.3 Å². The van der Waals surface area contributed by atoms with Gasteiger partial charge in [0.15, 0.2) is 6.61 Å². The molecule has 1 fully saturated rings. The minimum atomic E-state index is 0.0912. The maximum atomic E-state index is 11.9. The third-order valence-electron chi connectivity index (χ3n) is 3.39. The van der Waals surface area contributed by atoms with Crippen molar-refractivity contribution in [3.63, 3.8) is 0 Å². The average molecular weight is 262 g/mol. The quantitative estimate of drug-likeness (QED) is 0.878. The average Bonchev–Trinajstić information content (AvgIpc) is 2.92. The van der Waals surface area contributed by atoms with Crippen molar-refractivity contribution in [2.24, 2.45) is 0 Å². The molecule has 19 heavy (non-hydrogen) atoms. The molecule has 1 saturated heterocycles. The summed E-state index contributed by atoms with van der Waals surface area (Å²) in [6.45, 7) is 4.69. The number of ether oxygens (including phenoxy) is 1. The molecule has 1 aromatic rings. The third kappa shape index (κ3) is 3.70. The van der Waals surface area contributed by atoms with E-state index in [0.717, 1.165) is 43.8 Å². The van der Waals surface area contributed by atoms with Crippen LogP contribution in [0, 0.1) is 6.92 Å². The first-order valence-corrected chi connectivity index (χ1v) is 6.85. The Bertz CT molecular complexity index is 440. The van der Waals surface area contributed by atoms with Crippen LogP contribution in [0.5, 0.6) is 5.75 Å². The Balaban J connectivity index is 1.96. The Hall–Kier alpha value is -1.55. The minimum absolute atomic E-state index is 0.0912. The number of carbonyl (C=O) groups excluding carboxylic acids is 1. The Kier molecular flexibility index (Phi) is 4.80. The fourth-order valence-electron chi connectivity index (χ4n) is 2.37. The lowest BCUT2D eigenvalue weighted by molar-refractivity contribution is -0.132. The highest BCUT2D eigenvalue weighted by Gasteiger charge is 2.18. The van der Waals surface area contributed by atoms with E-state index < -0.39 is 0 Å². The molecule has 104 valence electrons. The molecule has 0 atom stereocenters. The van der Waals surface area contributed by atoms with Crippen molar-refractivity contribution in [1.82, 2.24) is 10.2 Å². The van der Waals surface area contributed by atoms with Crippen molar-refractivity contribution in [1.29, 1.82) is 0 Å². The van der Waals surface area contributed by atoms with Crippen LogP contribution in [0.2, 0.25) is 0 Å². The molecule has 1 aliphatic heterocycles. The minimum Gasteiger partial charge on any atom is -0.483 e. The van der Waals surface area contributed by atoms with Crippen LogP contribution >= 0.6 is 0 Å². The highest BCUT2D eigenvalue weighted by atomic mass is 16.5. The van der Waals surface area contributed by atoms with E-state index in [-0.39, 0.29) is 12.5 Å². The second-order valence-electron chi connectivity index (χ2n) is 5.02. The number of nitrogens with one attached hydrogen (secondary N) is 1. The van der Waals surface area contributed by atoms with Gasteiger partial charge in [-0.05, 0) is 32.9 Å². The summed E-state index contributed by atoms with van der Waals surface area (Å²) in [5.74, 6) is 0.890. The fraction of sp³-hybridized carbons (Fsp3) is 0.533. The molecule has 0 aromatic heterocycles. The lowest BCUT2D eigenvalue weighted by Gasteiger charge is -2.17. The lowest BCUT2D eigenvalue weighted by Crippen LogP contribution is -2.32. The van der Waals surface area contributed by atoms with Gasteiger partial charge in [0.25, 0.3) is 5.91 Å². The second kappa shape index (κ2) is 6.57. The van der Waals surface area contributed by atoms with Crippen molar-refractivity contribution in [3.05, 3.63) is 29.3 Å².